The van der Waals surface area contributed by atoms with E-state index < -0.39 is 0 Å². The van der Waals surface area contributed by atoms with Gasteiger partial charge in [-0.2, -0.15) is 0 Å². The van der Waals surface area contributed by atoms with Crippen molar-refractivity contribution in [2.75, 3.05) is 5.75 Å². The van der Waals surface area contributed by atoms with Crippen molar-refractivity contribution < 1.29 is 0 Å². The number of thiazole rings is 1. The number of nitrogens with zero attached hydrogens (tertiary/aromatic N) is 3. The summed E-state index contributed by atoms with van der Waals surface area (Å²) in [5, 5.41) is 1.04. The largest absolute Gasteiger partial charge is 0.260 e. The first-order valence-corrected chi connectivity index (χ1v) is 10.6. The number of pyridine rings is 2. The van der Waals surface area contributed by atoms with Gasteiger partial charge in [0.2, 0.25) is 0 Å². The minimum Gasteiger partial charge on any atom is -0.260 e. The highest BCUT2D eigenvalue weighted by molar-refractivity contribution is 7.99. The smallest absolute Gasteiger partial charge is 0.0963 e. The van der Waals surface area contributed by atoms with Gasteiger partial charge in [0.1, 0.15) is 0 Å². The Morgan fingerprint density at radius 1 is 1.00 bits per heavy atom. The molecule has 6 heteroatoms. The van der Waals surface area contributed by atoms with E-state index in [9.17, 15) is 0 Å². The van der Waals surface area contributed by atoms with Gasteiger partial charge in [-0.25, -0.2) is 9.97 Å². The quantitative estimate of drug-likeness (QED) is 0.534. The molecular weight excluding hydrogens is 354 g/mol. The van der Waals surface area contributed by atoms with Crippen LogP contribution in [0.4, 0.5) is 0 Å². The average Bonchev–Trinajstić information content (AvgIpc) is 3.01. The van der Waals surface area contributed by atoms with Crippen molar-refractivity contribution in [3.05, 3.63) is 64.0 Å². The molecule has 0 amide bonds. The van der Waals surface area contributed by atoms with E-state index in [-0.39, 0.29) is 0 Å². The Morgan fingerprint density at radius 2 is 1.92 bits per heavy atom. The summed E-state index contributed by atoms with van der Waals surface area (Å²) in [5.74, 6) is 1.92. The van der Waals surface area contributed by atoms with Crippen molar-refractivity contribution in [3.8, 4) is 0 Å². The summed E-state index contributed by atoms with van der Waals surface area (Å²) >= 11 is 5.39. The topological polar surface area (TPSA) is 38.7 Å². The zero-order valence-corrected chi connectivity index (χ0v) is 16.2. The van der Waals surface area contributed by atoms with Gasteiger partial charge in [-0.05, 0) is 44.0 Å². The number of thioether (sulfide) groups is 2. The van der Waals surface area contributed by atoms with Crippen molar-refractivity contribution in [2.45, 2.75) is 35.9 Å². The van der Waals surface area contributed by atoms with Gasteiger partial charge < -0.3 is 0 Å². The van der Waals surface area contributed by atoms with Crippen LogP contribution in [0.15, 0.2) is 52.1 Å². The lowest BCUT2D eigenvalue weighted by atomic mass is 10.2. The fourth-order valence-electron chi connectivity index (χ4n) is 2.26. The number of aromatic nitrogens is 3. The Bertz CT molecular complexity index is 787. The summed E-state index contributed by atoms with van der Waals surface area (Å²) in [4.78, 5) is 15.9. The predicted molar refractivity (Wildman–Crippen MR) is 104 cm³/mol. The lowest BCUT2D eigenvalue weighted by Gasteiger charge is -2.10. The highest BCUT2D eigenvalue weighted by Gasteiger charge is 2.08. The van der Waals surface area contributed by atoms with Gasteiger partial charge in [0.15, 0.2) is 0 Å². The third-order valence-electron chi connectivity index (χ3n) is 3.68. The summed E-state index contributed by atoms with van der Waals surface area (Å²) in [7, 11) is 0. The van der Waals surface area contributed by atoms with E-state index in [1.165, 1.54) is 21.0 Å². The van der Waals surface area contributed by atoms with Crippen LogP contribution >= 0.6 is 34.9 Å². The van der Waals surface area contributed by atoms with Gasteiger partial charge in [-0.15, -0.1) is 34.9 Å². The second kappa shape index (κ2) is 8.65. The van der Waals surface area contributed by atoms with Crippen LogP contribution in [0.5, 0.6) is 0 Å². The lowest BCUT2D eigenvalue weighted by Crippen LogP contribution is -1.95. The molecule has 0 spiro atoms. The first-order chi connectivity index (χ1) is 11.7. The summed E-state index contributed by atoms with van der Waals surface area (Å²) in [6.07, 6.45) is 4.82. The molecule has 0 N–H and O–H groups in total. The average molecular weight is 374 g/mol. The molecule has 0 atom stereocenters. The first kappa shape index (κ1) is 17.5. The lowest BCUT2D eigenvalue weighted by molar-refractivity contribution is 1.06. The second-order valence-corrected chi connectivity index (χ2v) is 8.37. The Kier molecular flexibility index (Phi) is 6.29. The molecule has 3 rings (SSSR count). The highest BCUT2D eigenvalue weighted by Crippen LogP contribution is 2.28. The van der Waals surface area contributed by atoms with Gasteiger partial charge >= 0.3 is 0 Å². The van der Waals surface area contributed by atoms with Gasteiger partial charge in [-0.3, -0.25) is 4.98 Å². The molecule has 0 fully saturated rings. The second-order valence-electron chi connectivity index (χ2n) is 5.30. The van der Waals surface area contributed by atoms with Gasteiger partial charge in [-0.1, -0.05) is 6.07 Å². The molecule has 0 saturated heterocycles. The molecule has 3 aromatic heterocycles. The van der Waals surface area contributed by atoms with Gasteiger partial charge in [0, 0.05) is 33.7 Å². The number of hydrogen-bond acceptors (Lipinski definition) is 6. The maximum absolute atomic E-state index is 4.56. The molecule has 0 bridgehead atoms. The maximum atomic E-state index is 4.56. The van der Waals surface area contributed by atoms with Crippen LogP contribution in [0, 0.1) is 13.8 Å². The molecule has 24 heavy (non-hydrogen) atoms. The molecule has 3 aromatic rings. The summed E-state index contributed by atoms with van der Waals surface area (Å²) in [6, 6.07) is 8.11. The number of rotatable bonds is 7. The van der Waals surface area contributed by atoms with E-state index in [0.717, 1.165) is 28.6 Å². The first-order valence-electron chi connectivity index (χ1n) is 7.74. The molecule has 0 aliphatic carbocycles. The Morgan fingerprint density at radius 3 is 2.67 bits per heavy atom. The van der Waals surface area contributed by atoms with E-state index in [4.69, 9.17) is 0 Å². The van der Waals surface area contributed by atoms with Crippen molar-refractivity contribution in [1.82, 2.24) is 15.0 Å². The molecule has 0 aliphatic rings. The van der Waals surface area contributed by atoms with E-state index in [0.29, 0.717) is 0 Å². The molecule has 124 valence electrons. The predicted octanol–water partition coefficient (Wildman–Crippen LogP) is 5.18. The van der Waals surface area contributed by atoms with Crippen LogP contribution in [0.25, 0.3) is 0 Å². The van der Waals surface area contributed by atoms with Crippen molar-refractivity contribution in [1.29, 1.82) is 0 Å². The molecule has 0 saturated carbocycles. The molecule has 3 heterocycles. The van der Waals surface area contributed by atoms with Crippen LogP contribution in [-0.4, -0.2) is 20.7 Å². The molecule has 0 aliphatic heterocycles. The van der Waals surface area contributed by atoms with E-state index in [1.807, 2.05) is 47.9 Å². The summed E-state index contributed by atoms with van der Waals surface area (Å²) in [6.45, 7) is 4.25. The van der Waals surface area contributed by atoms with Crippen molar-refractivity contribution >= 4 is 34.9 Å². The van der Waals surface area contributed by atoms with Crippen molar-refractivity contribution in [3.63, 3.8) is 0 Å². The van der Waals surface area contributed by atoms with Gasteiger partial charge in [0.05, 0.1) is 21.9 Å². The molecule has 0 radical (unpaired) electrons. The zero-order valence-electron chi connectivity index (χ0n) is 13.7. The zero-order chi connectivity index (χ0) is 16.8. The van der Waals surface area contributed by atoms with E-state index >= 15 is 0 Å². The van der Waals surface area contributed by atoms with Crippen LogP contribution in [-0.2, 0) is 12.2 Å². The normalized spacial score (nSPS) is 10.9. The van der Waals surface area contributed by atoms with Crippen LogP contribution in [0.1, 0.15) is 21.8 Å². The Hall–Kier alpha value is -1.37. The summed E-state index contributed by atoms with van der Waals surface area (Å²) in [5.41, 5.74) is 5.52. The SMILES string of the molecule is Cc1ncsc1CCSc1ccnc(CSc2ccccn2)c1C. The number of hydrogen-bond donors (Lipinski definition) is 0. The fourth-order valence-corrected chi connectivity index (χ4v) is 5.07. The van der Waals surface area contributed by atoms with Crippen molar-refractivity contribution in [2.24, 2.45) is 0 Å². The third kappa shape index (κ3) is 4.59. The van der Waals surface area contributed by atoms with Gasteiger partial charge in [0.25, 0.3) is 0 Å². The standard InChI is InChI=1S/C18H19N3S3/c1-13-15(11-23-18-5-3-4-8-20-18)19-9-6-16(13)22-10-7-17-14(2)21-12-24-17/h3-6,8-9,12H,7,10-11H2,1-2H3. The van der Waals surface area contributed by atoms with Crippen LogP contribution < -0.4 is 0 Å². The molecular formula is C18H19N3S3. The minimum atomic E-state index is 0.852. The fraction of sp³-hybridized carbons (Fsp3) is 0.278. The van der Waals surface area contributed by atoms with E-state index in [2.05, 4.69) is 34.9 Å². The summed E-state index contributed by atoms with van der Waals surface area (Å²) < 4.78 is 0. The maximum Gasteiger partial charge on any atom is 0.0963 e. The molecule has 3 nitrogen and oxygen atoms in total. The van der Waals surface area contributed by atoms with Crippen LogP contribution in [0.2, 0.25) is 0 Å². The molecule has 0 aromatic carbocycles. The Balaban J connectivity index is 1.59. The molecule has 0 unspecified atom stereocenters. The third-order valence-corrected chi connectivity index (χ3v) is 6.80. The van der Waals surface area contributed by atoms with Crippen LogP contribution in [0.3, 0.4) is 0 Å². The Labute approximate surface area is 155 Å². The highest BCUT2D eigenvalue weighted by atomic mass is 32.2. The monoisotopic (exact) mass is 373 g/mol. The van der Waals surface area contributed by atoms with E-state index in [1.54, 1.807) is 23.1 Å². The number of aryl methyl sites for hydroxylation is 2. The minimum absolute atomic E-state index is 0.852.